The largest absolute Gasteiger partial charge is 0.478 e. The number of halogens is 1. The monoisotopic (exact) mass is 319 g/mol. The summed E-state index contributed by atoms with van der Waals surface area (Å²) in [5, 5.41) is 8.88. The molecule has 0 spiro atoms. The molecule has 0 bridgehead atoms. The van der Waals surface area contributed by atoms with Crippen LogP contribution < -0.4 is 0 Å². The highest BCUT2D eigenvalue weighted by Crippen LogP contribution is 2.21. The topological polar surface area (TPSA) is 83.9 Å². The van der Waals surface area contributed by atoms with Crippen LogP contribution in [0.15, 0.2) is 23.1 Å². The molecule has 0 radical (unpaired) electrons. The molecule has 0 fully saturated rings. The lowest BCUT2D eigenvalue weighted by Crippen LogP contribution is -2.40. The second-order valence-corrected chi connectivity index (χ2v) is 6.35. The molecule has 1 atom stereocenters. The molecule has 6 nitrogen and oxygen atoms in total. The van der Waals surface area contributed by atoms with E-state index in [4.69, 9.17) is 9.84 Å². The van der Waals surface area contributed by atoms with Crippen molar-refractivity contribution in [1.29, 1.82) is 0 Å². The Morgan fingerprint density at radius 2 is 2.10 bits per heavy atom. The van der Waals surface area contributed by atoms with Gasteiger partial charge < -0.3 is 9.84 Å². The molecule has 0 aliphatic heterocycles. The first-order chi connectivity index (χ1) is 9.75. The number of nitrogens with zero attached hydrogens (tertiary/aromatic N) is 1. The Balaban J connectivity index is 3.29. The molecule has 0 amide bonds. The minimum atomic E-state index is -3.92. The number of hydrogen-bond donors (Lipinski definition) is 1. The van der Waals surface area contributed by atoms with Crippen molar-refractivity contribution in [3.05, 3.63) is 29.6 Å². The summed E-state index contributed by atoms with van der Waals surface area (Å²) in [7, 11) is -2.47. The molecule has 1 aromatic carbocycles. The Labute approximate surface area is 123 Å². The smallest absolute Gasteiger partial charge is 0.338 e. The van der Waals surface area contributed by atoms with E-state index in [2.05, 4.69) is 0 Å². The number of sulfonamides is 1. The van der Waals surface area contributed by atoms with E-state index in [1.807, 2.05) is 0 Å². The van der Waals surface area contributed by atoms with Crippen molar-refractivity contribution in [1.82, 2.24) is 4.31 Å². The van der Waals surface area contributed by atoms with Crippen molar-refractivity contribution in [2.45, 2.75) is 24.8 Å². The maximum atomic E-state index is 13.4. The van der Waals surface area contributed by atoms with Crippen molar-refractivity contribution >= 4 is 16.0 Å². The van der Waals surface area contributed by atoms with E-state index in [1.165, 1.54) is 11.4 Å². The van der Waals surface area contributed by atoms with E-state index in [1.54, 1.807) is 13.8 Å². The van der Waals surface area contributed by atoms with Gasteiger partial charge >= 0.3 is 5.97 Å². The van der Waals surface area contributed by atoms with E-state index in [0.717, 1.165) is 18.2 Å². The molecule has 0 heterocycles. The number of methoxy groups -OCH3 is 1. The number of aromatic carboxylic acids is 1. The number of rotatable bonds is 7. The minimum absolute atomic E-state index is 0.187. The second kappa shape index (κ2) is 6.97. The van der Waals surface area contributed by atoms with E-state index in [-0.39, 0.29) is 18.0 Å². The fraction of sp³-hybridized carbons (Fsp3) is 0.462. The van der Waals surface area contributed by atoms with Gasteiger partial charge in [0, 0.05) is 19.7 Å². The third kappa shape index (κ3) is 3.78. The summed E-state index contributed by atoms with van der Waals surface area (Å²) in [6.07, 6.45) is 0. The van der Waals surface area contributed by atoms with Crippen molar-refractivity contribution in [3.63, 3.8) is 0 Å². The van der Waals surface area contributed by atoms with Gasteiger partial charge in [-0.3, -0.25) is 0 Å². The van der Waals surface area contributed by atoms with Gasteiger partial charge in [-0.15, -0.1) is 0 Å². The number of likely N-dealkylation sites (N-methyl/N-ethyl adjacent to an activating group) is 1. The average molecular weight is 319 g/mol. The maximum Gasteiger partial charge on any atom is 0.338 e. The highest BCUT2D eigenvalue weighted by atomic mass is 32.2. The average Bonchev–Trinajstić information content (AvgIpc) is 2.39. The molecule has 1 unspecified atom stereocenters. The minimum Gasteiger partial charge on any atom is -0.478 e. The van der Waals surface area contributed by atoms with E-state index in [0.29, 0.717) is 0 Å². The van der Waals surface area contributed by atoms with Crippen LogP contribution in [0.2, 0.25) is 0 Å². The van der Waals surface area contributed by atoms with Gasteiger partial charge in [0.1, 0.15) is 5.82 Å². The quantitative estimate of drug-likeness (QED) is 0.824. The lowest BCUT2D eigenvalue weighted by Gasteiger charge is -2.26. The maximum absolute atomic E-state index is 13.4. The Morgan fingerprint density at radius 3 is 2.57 bits per heavy atom. The van der Waals surface area contributed by atoms with Crippen LogP contribution in [-0.2, 0) is 14.8 Å². The van der Waals surface area contributed by atoms with Gasteiger partial charge in [0.2, 0.25) is 10.0 Å². The summed E-state index contributed by atoms with van der Waals surface area (Å²) in [6.45, 7) is 3.71. The van der Waals surface area contributed by atoms with Crippen LogP contribution in [0.5, 0.6) is 0 Å². The number of carbonyl (C=O) groups is 1. The summed E-state index contributed by atoms with van der Waals surface area (Å²) in [4.78, 5) is 10.7. The molecule has 0 aromatic heterocycles. The first kappa shape index (κ1) is 17.5. The van der Waals surface area contributed by atoms with Crippen LogP contribution in [0.25, 0.3) is 0 Å². The third-order valence-corrected chi connectivity index (χ3v) is 5.07. The van der Waals surface area contributed by atoms with Crippen LogP contribution in [0.1, 0.15) is 24.2 Å². The molecule has 1 aromatic rings. The van der Waals surface area contributed by atoms with Gasteiger partial charge in [-0.05, 0) is 25.1 Å². The molecule has 0 saturated heterocycles. The SMILES string of the molecule is CCN(C(C)COC)S(=O)(=O)c1ccc(F)c(C(=O)O)c1. The van der Waals surface area contributed by atoms with Gasteiger partial charge in [0.15, 0.2) is 0 Å². The number of benzene rings is 1. The summed E-state index contributed by atoms with van der Waals surface area (Å²) < 4.78 is 44.5. The molecule has 8 heteroatoms. The van der Waals surface area contributed by atoms with Crippen LogP contribution in [-0.4, -0.2) is 50.1 Å². The van der Waals surface area contributed by atoms with Crippen molar-refractivity contribution in [2.75, 3.05) is 20.3 Å². The van der Waals surface area contributed by atoms with E-state index in [9.17, 15) is 17.6 Å². The van der Waals surface area contributed by atoms with Crippen molar-refractivity contribution in [2.24, 2.45) is 0 Å². The molecule has 21 heavy (non-hydrogen) atoms. The number of carboxylic acids is 1. The number of hydrogen-bond acceptors (Lipinski definition) is 4. The summed E-state index contributed by atoms with van der Waals surface area (Å²) in [5.74, 6) is -2.49. The van der Waals surface area contributed by atoms with Crippen LogP contribution >= 0.6 is 0 Å². The Bertz CT molecular complexity index is 617. The van der Waals surface area contributed by atoms with Crippen molar-refractivity contribution < 1.29 is 27.4 Å². The molecule has 118 valence electrons. The number of ether oxygens (including phenoxy) is 1. The normalized spacial score (nSPS) is 13.4. The van der Waals surface area contributed by atoms with Gasteiger partial charge in [0.25, 0.3) is 0 Å². The zero-order valence-corrected chi connectivity index (χ0v) is 12.9. The van der Waals surface area contributed by atoms with Crippen LogP contribution in [0.3, 0.4) is 0 Å². The fourth-order valence-corrected chi connectivity index (χ4v) is 3.66. The molecular formula is C13H18FNO5S. The van der Waals surface area contributed by atoms with Gasteiger partial charge in [-0.1, -0.05) is 6.92 Å². The summed E-state index contributed by atoms with van der Waals surface area (Å²) in [6, 6.07) is 2.29. The Kier molecular flexibility index (Phi) is 5.82. The van der Waals surface area contributed by atoms with Crippen LogP contribution in [0, 0.1) is 5.82 Å². The van der Waals surface area contributed by atoms with Gasteiger partial charge in [-0.2, -0.15) is 4.31 Å². The van der Waals surface area contributed by atoms with Gasteiger partial charge in [0.05, 0.1) is 17.1 Å². The molecule has 0 aliphatic rings. The molecule has 0 saturated carbocycles. The van der Waals surface area contributed by atoms with E-state index >= 15 is 0 Å². The van der Waals surface area contributed by atoms with E-state index < -0.39 is 33.4 Å². The first-order valence-electron chi connectivity index (χ1n) is 6.29. The highest BCUT2D eigenvalue weighted by molar-refractivity contribution is 7.89. The zero-order chi connectivity index (χ0) is 16.2. The third-order valence-electron chi connectivity index (χ3n) is 2.99. The van der Waals surface area contributed by atoms with Crippen molar-refractivity contribution in [3.8, 4) is 0 Å². The standard InChI is InChI=1S/C13H18FNO5S/c1-4-15(9(2)8-20-3)21(18,19)10-5-6-12(14)11(7-10)13(16)17/h5-7,9H,4,8H2,1-3H3,(H,16,17). The van der Waals surface area contributed by atoms with Crippen LogP contribution in [0.4, 0.5) is 4.39 Å². The summed E-state index contributed by atoms with van der Waals surface area (Å²) in [5.41, 5.74) is -0.675. The molecule has 1 N–H and O–H groups in total. The highest BCUT2D eigenvalue weighted by Gasteiger charge is 2.29. The second-order valence-electron chi connectivity index (χ2n) is 4.46. The van der Waals surface area contributed by atoms with Gasteiger partial charge in [-0.25, -0.2) is 17.6 Å². The lowest BCUT2D eigenvalue weighted by atomic mass is 10.2. The number of carboxylic acid groups (broad SMARTS) is 1. The fourth-order valence-electron chi connectivity index (χ4n) is 2.01. The predicted octanol–water partition coefficient (Wildman–Crippen LogP) is 1.57. The lowest BCUT2D eigenvalue weighted by molar-refractivity contribution is 0.0691. The molecule has 1 rings (SSSR count). The zero-order valence-electron chi connectivity index (χ0n) is 12.0. The molecular weight excluding hydrogens is 301 g/mol. The first-order valence-corrected chi connectivity index (χ1v) is 7.73. The Hall–Kier alpha value is -1.51. The molecule has 0 aliphatic carbocycles. The predicted molar refractivity (Wildman–Crippen MR) is 74.3 cm³/mol. The summed E-state index contributed by atoms with van der Waals surface area (Å²) >= 11 is 0. The Morgan fingerprint density at radius 1 is 1.48 bits per heavy atom.